The number of aliphatic hydroxyl groups is 1. The predicted molar refractivity (Wildman–Crippen MR) is 97.5 cm³/mol. The van der Waals surface area contributed by atoms with Gasteiger partial charge in [-0.15, -0.1) is 0 Å². The van der Waals surface area contributed by atoms with Gasteiger partial charge in [0, 0.05) is 6.42 Å². The van der Waals surface area contributed by atoms with Crippen molar-refractivity contribution < 1.29 is 24.1 Å². The fraction of sp³-hybridized carbons (Fsp3) is 1.00. The Bertz CT molecular complexity index is 403. The van der Waals surface area contributed by atoms with E-state index in [2.05, 4.69) is 6.92 Å². The van der Waals surface area contributed by atoms with Crippen LogP contribution in [0.1, 0.15) is 73.6 Å². The third kappa shape index (κ3) is 6.17. The molecule has 0 aromatic rings. The van der Waals surface area contributed by atoms with Crippen LogP contribution in [0.2, 0.25) is 0 Å². The van der Waals surface area contributed by atoms with Crippen molar-refractivity contribution in [3.63, 3.8) is 0 Å². The Balaban J connectivity index is 1.90. The van der Waals surface area contributed by atoms with Crippen molar-refractivity contribution in [1.29, 1.82) is 0 Å². The van der Waals surface area contributed by atoms with Crippen LogP contribution in [0.25, 0.3) is 0 Å². The topological polar surface area (TPSA) is 57.2 Å². The molecule has 148 valence electrons. The molecule has 2 aliphatic rings. The summed E-state index contributed by atoms with van der Waals surface area (Å²) in [6.07, 6.45) is 4.66. The largest absolute Gasteiger partial charge is 0.390 e. The van der Waals surface area contributed by atoms with Crippen molar-refractivity contribution in [3.8, 4) is 0 Å². The molecule has 5 heteroatoms. The van der Waals surface area contributed by atoms with Crippen LogP contribution < -0.4 is 0 Å². The van der Waals surface area contributed by atoms with E-state index in [4.69, 9.17) is 18.9 Å². The fourth-order valence-electron chi connectivity index (χ4n) is 3.61. The molecule has 5 nitrogen and oxygen atoms in total. The normalized spacial score (nSPS) is 33.7. The number of aliphatic hydroxyl groups excluding tert-OH is 1. The van der Waals surface area contributed by atoms with E-state index in [1.165, 1.54) is 12.8 Å². The van der Waals surface area contributed by atoms with E-state index in [1.807, 2.05) is 34.6 Å². The van der Waals surface area contributed by atoms with Gasteiger partial charge in [-0.2, -0.15) is 0 Å². The summed E-state index contributed by atoms with van der Waals surface area (Å²) in [5, 5.41) is 10.6. The Labute approximate surface area is 153 Å². The molecule has 0 spiro atoms. The lowest BCUT2D eigenvalue weighted by Crippen LogP contribution is -2.37. The molecule has 2 aliphatic heterocycles. The van der Waals surface area contributed by atoms with Gasteiger partial charge in [0.2, 0.25) is 0 Å². The average molecular weight is 359 g/mol. The monoisotopic (exact) mass is 358 g/mol. The van der Waals surface area contributed by atoms with E-state index in [0.29, 0.717) is 13.2 Å². The molecular formula is C20H38O5. The summed E-state index contributed by atoms with van der Waals surface area (Å²) >= 11 is 0. The Morgan fingerprint density at radius 1 is 1.24 bits per heavy atom. The lowest BCUT2D eigenvalue weighted by atomic mass is 9.85. The van der Waals surface area contributed by atoms with Gasteiger partial charge in [0.1, 0.15) is 6.10 Å². The van der Waals surface area contributed by atoms with Gasteiger partial charge in [-0.25, -0.2) is 0 Å². The van der Waals surface area contributed by atoms with E-state index in [-0.39, 0.29) is 29.8 Å². The lowest BCUT2D eigenvalue weighted by molar-refractivity contribution is -0.149. The van der Waals surface area contributed by atoms with E-state index >= 15 is 0 Å². The molecule has 0 bridgehead atoms. The van der Waals surface area contributed by atoms with E-state index < -0.39 is 11.9 Å². The van der Waals surface area contributed by atoms with Crippen LogP contribution in [0.5, 0.6) is 0 Å². The minimum atomic E-state index is -0.522. The molecule has 0 radical (unpaired) electrons. The number of unbranched alkanes of at least 4 members (excludes halogenated alkanes) is 2. The highest BCUT2D eigenvalue weighted by Gasteiger charge is 2.43. The molecule has 0 saturated carbocycles. The van der Waals surface area contributed by atoms with Crippen molar-refractivity contribution in [1.82, 2.24) is 0 Å². The second-order valence-corrected chi connectivity index (χ2v) is 9.08. The second-order valence-electron chi connectivity index (χ2n) is 9.08. The quantitative estimate of drug-likeness (QED) is 0.671. The highest BCUT2D eigenvalue weighted by Crippen LogP contribution is 2.35. The smallest absolute Gasteiger partial charge is 0.163 e. The van der Waals surface area contributed by atoms with Crippen LogP contribution in [-0.2, 0) is 18.9 Å². The van der Waals surface area contributed by atoms with Crippen molar-refractivity contribution in [2.45, 2.75) is 110 Å². The zero-order valence-corrected chi connectivity index (χ0v) is 16.9. The molecule has 0 aromatic heterocycles. The van der Waals surface area contributed by atoms with Gasteiger partial charge in [-0.1, -0.05) is 47.0 Å². The van der Waals surface area contributed by atoms with Crippen LogP contribution in [0.4, 0.5) is 0 Å². The summed E-state index contributed by atoms with van der Waals surface area (Å²) in [5.41, 5.74) is -0.194. The van der Waals surface area contributed by atoms with Crippen LogP contribution in [0.15, 0.2) is 0 Å². The molecule has 1 N–H and O–H groups in total. The van der Waals surface area contributed by atoms with E-state index in [1.54, 1.807) is 0 Å². The van der Waals surface area contributed by atoms with Crippen LogP contribution in [0, 0.1) is 5.41 Å². The Morgan fingerprint density at radius 3 is 2.52 bits per heavy atom. The standard InChI is InChI=1S/C20H38O5/c1-7-8-9-10-15-16(11-17(24-15)18(21)19(2,3)4)22-12-14-13-23-20(5,6)25-14/h14-18,21H,7-13H2,1-6H3. The highest BCUT2D eigenvalue weighted by atomic mass is 16.7. The third-order valence-electron chi connectivity index (χ3n) is 5.12. The van der Waals surface area contributed by atoms with E-state index in [9.17, 15) is 5.11 Å². The molecule has 25 heavy (non-hydrogen) atoms. The summed E-state index contributed by atoms with van der Waals surface area (Å²) in [5.74, 6) is -0.522. The first-order valence-electron chi connectivity index (χ1n) is 9.89. The zero-order valence-electron chi connectivity index (χ0n) is 16.9. The van der Waals surface area contributed by atoms with Gasteiger partial charge < -0.3 is 24.1 Å². The van der Waals surface area contributed by atoms with Gasteiger partial charge in [0.05, 0.1) is 37.6 Å². The van der Waals surface area contributed by atoms with E-state index in [0.717, 1.165) is 19.3 Å². The van der Waals surface area contributed by atoms with Crippen LogP contribution >= 0.6 is 0 Å². The predicted octanol–water partition coefficient (Wildman–Crippen LogP) is 3.67. The zero-order chi connectivity index (χ0) is 18.7. The average Bonchev–Trinajstić information content (AvgIpc) is 3.07. The fourth-order valence-corrected chi connectivity index (χ4v) is 3.61. The number of rotatable bonds is 8. The number of hydrogen-bond acceptors (Lipinski definition) is 5. The SMILES string of the molecule is CCCCCC1OC(C(O)C(C)(C)C)CC1OCC1COC(C)(C)O1. The summed E-state index contributed by atoms with van der Waals surface area (Å²) in [6.45, 7) is 13.3. The Hall–Kier alpha value is -0.200. The lowest BCUT2D eigenvalue weighted by Gasteiger charge is -2.30. The molecule has 5 atom stereocenters. The Kier molecular flexibility index (Phi) is 7.31. The van der Waals surface area contributed by atoms with Crippen molar-refractivity contribution >= 4 is 0 Å². The first kappa shape index (κ1) is 21.1. The molecule has 2 heterocycles. The molecule has 2 fully saturated rings. The Morgan fingerprint density at radius 2 is 1.96 bits per heavy atom. The first-order chi connectivity index (χ1) is 11.6. The molecule has 2 rings (SSSR count). The maximum absolute atomic E-state index is 10.6. The van der Waals surface area contributed by atoms with Gasteiger partial charge in [-0.3, -0.25) is 0 Å². The van der Waals surface area contributed by atoms with Crippen molar-refractivity contribution in [2.75, 3.05) is 13.2 Å². The molecular weight excluding hydrogens is 320 g/mol. The third-order valence-corrected chi connectivity index (χ3v) is 5.12. The number of ether oxygens (including phenoxy) is 4. The molecule has 2 saturated heterocycles. The van der Waals surface area contributed by atoms with Gasteiger partial charge in [0.15, 0.2) is 5.79 Å². The van der Waals surface area contributed by atoms with Crippen LogP contribution in [0.3, 0.4) is 0 Å². The summed E-state index contributed by atoms with van der Waals surface area (Å²) < 4.78 is 23.8. The number of hydrogen-bond donors (Lipinski definition) is 1. The molecule has 0 aromatic carbocycles. The maximum atomic E-state index is 10.6. The molecule has 5 unspecified atom stereocenters. The summed E-state index contributed by atoms with van der Waals surface area (Å²) in [4.78, 5) is 0. The minimum absolute atomic E-state index is 0.0196. The van der Waals surface area contributed by atoms with Gasteiger partial charge in [-0.05, 0) is 25.7 Å². The van der Waals surface area contributed by atoms with Crippen molar-refractivity contribution in [3.05, 3.63) is 0 Å². The maximum Gasteiger partial charge on any atom is 0.163 e. The minimum Gasteiger partial charge on any atom is -0.390 e. The molecule has 0 amide bonds. The van der Waals surface area contributed by atoms with Crippen molar-refractivity contribution in [2.24, 2.45) is 5.41 Å². The van der Waals surface area contributed by atoms with Gasteiger partial charge >= 0.3 is 0 Å². The first-order valence-corrected chi connectivity index (χ1v) is 9.89. The summed E-state index contributed by atoms with van der Waals surface area (Å²) in [7, 11) is 0. The molecule has 0 aliphatic carbocycles. The summed E-state index contributed by atoms with van der Waals surface area (Å²) in [6, 6.07) is 0. The van der Waals surface area contributed by atoms with Crippen LogP contribution in [-0.4, -0.2) is 54.6 Å². The highest BCUT2D eigenvalue weighted by molar-refractivity contribution is 4.91. The van der Waals surface area contributed by atoms with Gasteiger partial charge in [0.25, 0.3) is 0 Å². The second kappa shape index (κ2) is 8.66.